The summed E-state index contributed by atoms with van der Waals surface area (Å²) in [5.74, 6) is 3.40. The zero-order valence-corrected chi connectivity index (χ0v) is 19.5. The van der Waals surface area contributed by atoms with Gasteiger partial charge in [0.2, 0.25) is 11.7 Å². The van der Waals surface area contributed by atoms with E-state index in [0.29, 0.717) is 23.2 Å². The average Bonchev–Trinajstić information content (AvgIpc) is 3.20. The smallest absolute Gasteiger partial charge is 0.246 e. The fourth-order valence-corrected chi connectivity index (χ4v) is 5.44. The third-order valence-electron chi connectivity index (χ3n) is 5.07. The minimum atomic E-state index is 0.0328. The standard InChI is InChI=1S/C22H28N2O4S2/c1-15-13-29-22(23-15)30-14-16-7-9-24(10-8-16)20(25)6-5-17-11-18(26-2)21(28-4)19(12-17)27-3/h5-6,11-13,16H,7-10,14H2,1-4H3/b6-5+. The number of hydrogen-bond acceptors (Lipinski definition) is 7. The van der Waals surface area contributed by atoms with Crippen LogP contribution in [0.5, 0.6) is 17.2 Å². The average molecular weight is 449 g/mol. The number of rotatable bonds is 8. The molecule has 0 radical (unpaired) electrons. The number of aryl methyl sites for hydroxylation is 1. The number of hydrogen-bond donors (Lipinski definition) is 0. The van der Waals surface area contributed by atoms with Gasteiger partial charge in [0, 0.05) is 36.0 Å². The fraction of sp³-hybridized carbons (Fsp3) is 0.455. The van der Waals surface area contributed by atoms with Crippen LogP contribution in [0.3, 0.4) is 0 Å². The van der Waals surface area contributed by atoms with Gasteiger partial charge in [0.1, 0.15) is 4.34 Å². The van der Waals surface area contributed by atoms with E-state index in [1.54, 1.807) is 44.8 Å². The molecule has 1 aliphatic heterocycles. The summed E-state index contributed by atoms with van der Waals surface area (Å²) in [4.78, 5) is 19.1. The number of amides is 1. The molecule has 0 atom stereocenters. The van der Waals surface area contributed by atoms with Crippen molar-refractivity contribution in [1.82, 2.24) is 9.88 Å². The summed E-state index contributed by atoms with van der Waals surface area (Å²) in [7, 11) is 4.72. The van der Waals surface area contributed by atoms with Gasteiger partial charge in [0.05, 0.1) is 21.3 Å². The second-order valence-corrected chi connectivity index (χ2v) is 9.25. The number of nitrogens with zero attached hydrogens (tertiary/aromatic N) is 2. The van der Waals surface area contributed by atoms with Crippen LogP contribution in [0.4, 0.5) is 0 Å². The first-order valence-corrected chi connectivity index (χ1v) is 11.7. The maximum Gasteiger partial charge on any atom is 0.246 e. The number of ether oxygens (including phenoxy) is 3. The van der Waals surface area contributed by atoms with Crippen LogP contribution in [0.2, 0.25) is 0 Å². The number of methoxy groups -OCH3 is 3. The predicted octanol–water partition coefficient (Wildman–Crippen LogP) is 4.52. The van der Waals surface area contributed by atoms with Crippen LogP contribution in [-0.4, -0.2) is 56.0 Å². The summed E-state index contributed by atoms with van der Waals surface area (Å²) in [6.45, 7) is 3.61. The van der Waals surface area contributed by atoms with Gasteiger partial charge < -0.3 is 19.1 Å². The van der Waals surface area contributed by atoms with Crippen molar-refractivity contribution in [2.75, 3.05) is 40.2 Å². The first kappa shape index (κ1) is 22.5. The minimum absolute atomic E-state index is 0.0328. The Labute approximate surface area is 186 Å². The molecule has 0 bridgehead atoms. The molecular weight excluding hydrogens is 420 g/mol. The minimum Gasteiger partial charge on any atom is -0.493 e. The Kier molecular flexibility index (Phi) is 8.04. The zero-order chi connectivity index (χ0) is 21.5. The van der Waals surface area contributed by atoms with Crippen molar-refractivity contribution in [2.45, 2.75) is 24.1 Å². The highest BCUT2D eigenvalue weighted by Crippen LogP contribution is 2.38. The number of carbonyl (C=O) groups excluding carboxylic acids is 1. The molecule has 1 saturated heterocycles. The molecule has 1 aromatic carbocycles. The van der Waals surface area contributed by atoms with Gasteiger partial charge in [-0.1, -0.05) is 11.8 Å². The van der Waals surface area contributed by atoms with Crippen LogP contribution >= 0.6 is 23.1 Å². The topological polar surface area (TPSA) is 60.9 Å². The lowest BCUT2D eigenvalue weighted by Gasteiger charge is -2.31. The van der Waals surface area contributed by atoms with Gasteiger partial charge in [-0.05, 0) is 49.5 Å². The first-order valence-electron chi connectivity index (χ1n) is 9.86. The van der Waals surface area contributed by atoms with Crippen LogP contribution in [0.1, 0.15) is 24.1 Å². The predicted molar refractivity (Wildman–Crippen MR) is 122 cm³/mol. The van der Waals surface area contributed by atoms with Gasteiger partial charge in [-0.15, -0.1) is 11.3 Å². The largest absolute Gasteiger partial charge is 0.493 e. The molecule has 30 heavy (non-hydrogen) atoms. The number of benzene rings is 1. The summed E-state index contributed by atoms with van der Waals surface area (Å²) in [6, 6.07) is 3.66. The maximum atomic E-state index is 12.6. The molecular formula is C22H28N2O4S2. The SMILES string of the molecule is COc1cc(/C=C/C(=O)N2CCC(CSc3nc(C)cs3)CC2)cc(OC)c1OC. The lowest BCUT2D eigenvalue weighted by atomic mass is 9.99. The van der Waals surface area contributed by atoms with E-state index < -0.39 is 0 Å². The monoisotopic (exact) mass is 448 g/mol. The lowest BCUT2D eigenvalue weighted by molar-refractivity contribution is -0.127. The van der Waals surface area contributed by atoms with E-state index in [1.165, 1.54) is 0 Å². The third kappa shape index (κ3) is 5.70. The van der Waals surface area contributed by atoms with Crippen molar-refractivity contribution in [3.05, 3.63) is 34.8 Å². The van der Waals surface area contributed by atoms with E-state index in [4.69, 9.17) is 14.2 Å². The Bertz CT molecular complexity index is 864. The van der Waals surface area contributed by atoms with Gasteiger partial charge in [-0.25, -0.2) is 4.98 Å². The molecule has 6 nitrogen and oxygen atoms in total. The molecule has 3 rings (SSSR count). The number of carbonyl (C=O) groups is 1. The highest BCUT2D eigenvalue weighted by Gasteiger charge is 2.22. The summed E-state index contributed by atoms with van der Waals surface area (Å²) in [5, 5.41) is 2.09. The number of thioether (sulfide) groups is 1. The maximum absolute atomic E-state index is 12.6. The van der Waals surface area contributed by atoms with E-state index in [2.05, 4.69) is 10.4 Å². The summed E-state index contributed by atoms with van der Waals surface area (Å²) < 4.78 is 17.2. The van der Waals surface area contributed by atoms with E-state index in [0.717, 1.165) is 47.3 Å². The molecule has 162 valence electrons. The quantitative estimate of drug-likeness (QED) is 0.437. The molecule has 0 saturated carbocycles. The first-order chi connectivity index (χ1) is 14.5. The van der Waals surface area contributed by atoms with Crippen LogP contribution in [0, 0.1) is 12.8 Å². The van der Waals surface area contributed by atoms with E-state index in [-0.39, 0.29) is 5.91 Å². The highest BCUT2D eigenvalue weighted by molar-refractivity contribution is 8.01. The lowest BCUT2D eigenvalue weighted by Crippen LogP contribution is -2.38. The normalized spacial score (nSPS) is 14.9. The molecule has 1 amide bonds. The molecule has 2 aromatic rings. The molecule has 0 spiro atoms. The van der Waals surface area contributed by atoms with Crippen LogP contribution < -0.4 is 14.2 Å². The van der Waals surface area contributed by atoms with Crippen molar-refractivity contribution in [1.29, 1.82) is 0 Å². The second-order valence-electron chi connectivity index (χ2n) is 7.13. The summed E-state index contributed by atoms with van der Waals surface area (Å²) >= 11 is 3.54. The van der Waals surface area contributed by atoms with Crippen molar-refractivity contribution in [3.8, 4) is 17.2 Å². The van der Waals surface area contributed by atoms with Crippen molar-refractivity contribution in [2.24, 2.45) is 5.92 Å². The van der Waals surface area contributed by atoms with Gasteiger partial charge in [0.15, 0.2) is 11.5 Å². The molecule has 0 unspecified atom stereocenters. The van der Waals surface area contributed by atoms with E-state index >= 15 is 0 Å². The Morgan fingerprint density at radius 1 is 1.20 bits per heavy atom. The second kappa shape index (κ2) is 10.7. The van der Waals surface area contributed by atoms with Gasteiger partial charge in [0.25, 0.3) is 0 Å². The van der Waals surface area contributed by atoms with Crippen LogP contribution in [-0.2, 0) is 4.79 Å². The molecule has 0 N–H and O–H groups in total. The number of thiazole rings is 1. The van der Waals surface area contributed by atoms with Gasteiger partial charge >= 0.3 is 0 Å². The van der Waals surface area contributed by atoms with Crippen LogP contribution in [0.25, 0.3) is 6.08 Å². The number of aromatic nitrogens is 1. The Hall–Kier alpha value is -2.19. The Morgan fingerprint density at radius 2 is 1.87 bits per heavy atom. The zero-order valence-electron chi connectivity index (χ0n) is 17.8. The third-order valence-corrected chi connectivity index (χ3v) is 7.44. The van der Waals surface area contributed by atoms with Crippen molar-refractivity contribution in [3.63, 3.8) is 0 Å². The molecule has 1 fully saturated rings. The molecule has 1 aromatic heterocycles. The molecule has 2 heterocycles. The summed E-state index contributed by atoms with van der Waals surface area (Å²) in [5.41, 5.74) is 1.91. The molecule has 1 aliphatic rings. The van der Waals surface area contributed by atoms with Gasteiger partial charge in [-0.3, -0.25) is 4.79 Å². The van der Waals surface area contributed by atoms with E-state index in [1.807, 2.05) is 35.7 Å². The van der Waals surface area contributed by atoms with Crippen molar-refractivity contribution >= 4 is 35.1 Å². The molecule has 8 heteroatoms. The Balaban J connectivity index is 1.53. The van der Waals surface area contributed by atoms with E-state index in [9.17, 15) is 4.79 Å². The summed E-state index contributed by atoms with van der Waals surface area (Å²) in [6.07, 6.45) is 5.47. The highest BCUT2D eigenvalue weighted by atomic mass is 32.2. The number of piperidine rings is 1. The molecule has 0 aliphatic carbocycles. The van der Waals surface area contributed by atoms with Crippen molar-refractivity contribution < 1.29 is 19.0 Å². The fourth-order valence-electron chi connectivity index (χ4n) is 3.38. The number of likely N-dealkylation sites (tertiary alicyclic amines) is 1. The van der Waals surface area contributed by atoms with Crippen LogP contribution in [0.15, 0.2) is 27.9 Å². The Morgan fingerprint density at radius 3 is 2.40 bits per heavy atom. The van der Waals surface area contributed by atoms with Gasteiger partial charge in [-0.2, -0.15) is 0 Å².